The van der Waals surface area contributed by atoms with E-state index in [9.17, 15) is 19.8 Å². The maximum Gasteiger partial charge on any atom is 0.311 e. The molecule has 0 radical (unpaired) electrons. The third-order valence-corrected chi connectivity index (χ3v) is 4.56. The summed E-state index contributed by atoms with van der Waals surface area (Å²) in [4.78, 5) is 25.7. The van der Waals surface area contributed by atoms with Crippen LogP contribution in [0.25, 0.3) is 0 Å². The molecule has 21 heavy (non-hydrogen) atoms. The van der Waals surface area contributed by atoms with E-state index in [1.807, 2.05) is 13.8 Å². The highest BCUT2D eigenvalue weighted by atomic mass is 16.4. The Morgan fingerprint density at radius 2 is 2.00 bits per heavy atom. The van der Waals surface area contributed by atoms with E-state index in [1.165, 1.54) is 6.07 Å². The second-order valence-electron chi connectivity index (χ2n) is 6.09. The Kier molecular flexibility index (Phi) is 3.94. The summed E-state index contributed by atoms with van der Waals surface area (Å²) in [7, 11) is 0. The number of hydrogen-bond donors (Lipinski definition) is 2. The molecule has 1 unspecified atom stereocenters. The number of aliphatic carboxylic acids is 1. The van der Waals surface area contributed by atoms with Gasteiger partial charge in [-0.2, -0.15) is 0 Å². The van der Waals surface area contributed by atoms with E-state index in [2.05, 4.69) is 0 Å². The lowest BCUT2D eigenvalue weighted by Gasteiger charge is -2.28. The smallest absolute Gasteiger partial charge is 0.311 e. The van der Waals surface area contributed by atoms with Gasteiger partial charge >= 0.3 is 5.97 Å². The van der Waals surface area contributed by atoms with E-state index in [-0.39, 0.29) is 24.1 Å². The Hall–Kier alpha value is -2.04. The lowest BCUT2D eigenvalue weighted by molar-refractivity contribution is -0.150. The molecule has 2 N–H and O–H groups in total. The van der Waals surface area contributed by atoms with Gasteiger partial charge in [0.15, 0.2) is 0 Å². The predicted octanol–water partition coefficient (Wildman–Crippen LogP) is 2.27. The maximum atomic E-state index is 12.5. The van der Waals surface area contributed by atoms with Crippen LogP contribution in [0.5, 0.6) is 5.75 Å². The van der Waals surface area contributed by atoms with Crippen LogP contribution in [-0.4, -0.2) is 40.1 Å². The summed E-state index contributed by atoms with van der Waals surface area (Å²) in [5.41, 5.74) is 0.255. The van der Waals surface area contributed by atoms with Crippen molar-refractivity contribution in [2.75, 3.05) is 13.1 Å². The summed E-state index contributed by atoms with van der Waals surface area (Å²) >= 11 is 0. The van der Waals surface area contributed by atoms with Gasteiger partial charge in [0.05, 0.1) is 5.41 Å². The minimum atomic E-state index is -0.860. The maximum absolute atomic E-state index is 12.5. The number of aromatic hydroxyl groups is 1. The van der Waals surface area contributed by atoms with Crippen molar-refractivity contribution in [3.8, 4) is 5.75 Å². The number of carbonyl (C=O) groups excluding carboxylic acids is 1. The van der Waals surface area contributed by atoms with Crippen LogP contribution in [0.3, 0.4) is 0 Å². The van der Waals surface area contributed by atoms with E-state index >= 15 is 0 Å². The molecular weight excluding hydrogens is 270 g/mol. The zero-order valence-corrected chi connectivity index (χ0v) is 12.6. The quantitative estimate of drug-likeness (QED) is 0.895. The number of carbonyl (C=O) groups is 2. The fraction of sp³-hybridized carbons (Fsp3) is 0.500. The number of likely N-dealkylation sites (tertiary alicyclic amines) is 1. The van der Waals surface area contributed by atoms with Crippen molar-refractivity contribution in [3.63, 3.8) is 0 Å². The molecule has 0 aromatic heterocycles. The molecular formula is C16H21NO4. The lowest BCUT2D eigenvalue weighted by Crippen LogP contribution is -2.40. The van der Waals surface area contributed by atoms with Gasteiger partial charge in [0.1, 0.15) is 5.75 Å². The van der Waals surface area contributed by atoms with Crippen LogP contribution in [0.4, 0.5) is 0 Å². The number of carboxylic acids is 1. The van der Waals surface area contributed by atoms with Crippen LogP contribution in [0.2, 0.25) is 0 Å². The SMILES string of the molecule is Cc1cc(C(=O)N2CCC(C(=O)O)(C(C)C)C2)ccc1O. The average Bonchev–Trinajstić information content (AvgIpc) is 2.87. The molecule has 5 nitrogen and oxygen atoms in total. The molecule has 1 atom stereocenters. The van der Waals surface area contributed by atoms with Crippen LogP contribution in [0, 0.1) is 18.3 Å². The van der Waals surface area contributed by atoms with Crippen molar-refractivity contribution in [2.24, 2.45) is 11.3 Å². The Morgan fingerprint density at radius 1 is 1.33 bits per heavy atom. The van der Waals surface area contributed by atoms with E-state index in [1.54, 1.807) is 24.0 Å². The average molecular weight is 291 g/mol. The second-order valence-corrected chi connectivity index (χ2v) is 6.09. The zero-order chi connectivity index (χ0) is 15.8. The highest BCUT2D eigenvalue weighted by Gasteiger charge is 2.48. The molecule has 1 aliphatic heterocycles. The third-order valence-electron chi connectivity index (χ3n) is 4.56. The second kappa shape index (κ2) is 5.39. The molecule has 0 saturated carbocycles. The van der Waals surface area contributed by atoms with E-state index < -0.39 is 11.4 Å². The molecule has 0 aliphatic carbocycles. The fourth-order valence-corrected chi connectivity index (χ4v) is 2.87. The van der Waals surface area contributed by atoms with Crippen molar-refractivity contribution in [2.45, 2.75) is 27.2 Å². The van der Waals surface area contributed by atoms with Gasteiger partial charge in [-0.1, -0.05) is 13.8 Å². The molecule has 1 amide bonds. The molecule has 1 fully saturated rings. The minimum absolute atomic E-state index is 0.0330. The standard InChI is InChI=1S/C16H21NO4/c1-10(2)16(15(20)21)6-7-17(9-16)14(19)12-4-5-13(18)11(3)8-12/h4-5,8,10,18H,6-7,9H2,1-3H3,(H,20,21). The van der Waals surface area contributed by atoms with Gasteiger partial charge in [-0.05, 0) is 43.0 Å². The van der Waals surface area contributed by atoms with Crippen molar-refractivity contribution in [3.05, 3.63) is 29.3 Å². The normalized spacial score (nSPS) is 21.8. The van der Waals surface area contributed by atoms with E-state index in [4.69, 9.17) is 0 Å². The topological polar surface area (TPSA) is 77.8 Å². The van der Waals surface area contributed by atoms with Gasteiger partial charge in [0.2, 0.25) is 0 Å². The molecule has 1 aliphatic rings. The molecule has 0 bridgehead atoms. The number of amides is 1. The largest absolute Gasteiger partial charge is 0.508 e. The number of carboxylic acid groups (broad SMARTS) is 1. The van der Waals surface area contributed by atoms with Gasteiger partial charge in [0, 0.05) is 18.7 Å². The highest BCUT2D eigenvalue weighted by molar-refractivity contribution is 5.95. The molecule has 2 rings (SSSR count). The van der Waals surface area contributed by atoms with Crippen LogP contribution in [0.1, 0.15) is 36.2 Å². The first-order valence-corrected chi connectivity index (χ1v) is 7.10. The molecule has 1 saturated heterocycles. The first-order valence-electron chi connectivity index (χ1n) is 7.10. The number of phenolic OH excluding ortho intramolecular Hbond substituents is 1. The van der Waals surface area contributed by atoms with Crippen LogP contribution in [-0.2, 0) is 4.79 Å². The van der Waals surface area contributed by atoms with Gasteiger partial charge in [-0.15, -0.1) is 0 Å². The third kappa shape index (κ3) is 2.60. The first kappa shape index (κ1) is 15.4. The Labute approximate surface area is 124 Å². The summed E-state index contributed by atoms with van der Waals surface area (Å²) in [6, 6.07) is 4.69. The Balaban J connectivity index is 2.22. The Morgan fingerprint density at radius 3 is 2.48 bits per heavy atom. The van der Waals surface area contributed by atoms with Crippen molar-refractivity contribution >= 4 is 11.9 Å². The summed E-state index contributed by atoms with van der Waals surface area (Å²) < 4.78 is 0. The summed E-state index contributed by atoms with van der Waals surface area (Å²) in [6.07, 6.45) is 0.475. The molecule has 1 aromatic carbocycles. The van der Waals surface area contributed by atoms with E-state index in [0.717, 1.165) is 0 Å². The number of nitrogens with zero attached hydrogens (tertiary/aromatic N) is 1. The van der Waals surface area contributed by atoms with Gasteiger partial charge < -0.3 is 15.1 Å². The molecule has 1 aromatic rings. The van der Waals surface area contributed by atoms with Crippen LogP contribution >= 0.6 is 0 Å². The highest BCUT2D eigenvalue weighted by Crippen LogP contribution is 2.38. The molecule has 114 valence electrons. The lowest BCUT2D eigenvalue weighted by atomic mass is 9.76. The summed E-state index contributed by atoms with van der Waals surface area (Å²) in [6.45, 7) is 6.17. The van der Waals surface area contributed by atoms with Gasteiger partial charge in [-0.25, -0.2) is 0 Å². The molecule has 1 heterocycles. The zero-order valence-electron chi connectivity index (χ0n) is 12.6. The number of benzene rings is 1. The van der Waals surface area contributed by atoms with Crippen LogP contribution < -0.4 is 0 Å². The number of rotatable bonds is 3. The summed E-state index contributed by atoms with van der Waals surface area (Å²) in [5.74, 6) is -0.902. The molecule has 0 spiro atoms. The number of aryl methyl sites for hydroxylation is 1. The van der Waals surface area contributed by atoms with Crippen LogP contribution in [0.15, 0.2) is 18.2 Å². The van der Waals surface area contributed by atoms with Crippen molar-refractivity contribution < 1.29 is 19.8 Å². The minimum Gasteiger partial charge on any atom is -0.508 e. The fourth-order valence-electron chi connectivity index (χ4n) is 2.87. The van der Waals surface area contributed by atoms with Gasteiger partial charge in [0.25, 0.3) is 5.91 Å². The number of hydrogen-bond acceptors (Lipinski definition) is 3. The van der Waals surface area contributed by atoms with E-state index in [0.29, 0.717) is 24.1 Å². The van der Waals surface area contributed by atoms with Gasteiger partial charge in [-0.3, -0.25) is 9.59 Å². The monoisotopic (exact) mass is 291 g/mol. The first-order chi connectivity index (χ1) is 9.78. The number of phenols is 1. The molecule has 5 heteroatoms. The predicted molar refractivity (Wildman–Crippen MR) is 78.3 cm³/mol. The van der Waals surface area contributed by atoms with Crippen molar-refractivity contribution in [1.29, 1.82) is 0 Å². The summed E-state index contributed by atoms with van der Waals surface area (Å²) in [5, 5.41) is 19.0. The van der Waals surface area contributed by atoms with Crippen molar-refractivity contribution in [1.82, 2.24) is 4.90 Å². The Bertz CT molecular complexity index is 582.